The van der Waals surface area contributed by atoms with Gasteiger partial charge in [0, 0.05) is 39.0 Å². The first-order chi connectivity index (χ1) is 18.5. The molecule has 216 valence electrons. The van der Waals surface area contributed by atoms with Crippen LogP contribution >= 0.6 is 0 Å². The number of carboxylic acids is 3. The molecule has 4 N–H and O–H groups in total. The van der Waals surface area contributed by atoms with E-state index in [1.54, 1.807) is 14.2 Å². The number of carbonyl (C=O) groups is 3. The summed E-state index contributed by atoms with van der Waals surface area (Å²) < 4.78 is 18.9. The Morgan fingerprint density at radius 3 is 2.28 bits per heavy atom. The number of ether oxygens (including phenoxy) is 3. The molecule has 1 fully saturated rings. The van der Waals surface area contributed by atoms with Gasteiger partial charge >= 0.3 is 17.9 Å². The van der Waals surface area contributed by atoms with E-state index in [0.717, 1.165) is 57.1 Å². The van der Waals surface area contributed by atoms with Crippen LogP contribution in [0.1, 0.15) is 43.9 Å². The highest BCUT2D eigenvalue weighted by Crippen LogP contribution is 2.28. The fourth-order valence-electron chi connectivity index (χ4n) is 4.21. The molecule has 13 nitrogen and oxygen atoms in total. The highest BCUT2D eigenvalue weighted by atomic mass is 16.5. The average Bonchev–Trinajstić information content (AvgIpc) is 3.55. The van der Waals surface area contributed by atoms with Gasteiger partial charge in [-0.3, -0.25) is 14.5 Å². The summed E-state index contributed by atoms with van der Waals surface area (Å²) in [6, 6.07) is 6.12. The molecular weight excluding hydrogens is 514 g/mol. The van der Waals surface area contributed by atoms with Gasteiger partial charge < -0.3 is 39.2 Å². The van der Waals surface area contributed by atoms with Crippen LogP contribution in [0.2, 0.25) is 0 Å². The molecule has 1 saturated heterocycles. The maximum atomic E-state index is 10.3. The molecule has 0 bridgehead atoms. The van der Waals surface area contributed by atoms with Crippen LogP contribution < -0.4 is 9.47 Å². The Kier molecular flexibility index (Phi) is 12.2. The van der Waals surface area contributed by atoms with Gasteiger partial charge in [-0.1, -0.05) is 6.07 Å². The first kappa shape index (κ1) is 31.5. The molecule has 1 aliphatic rings. The van der Waals surface area contributed by atoms with E-state index in [9.17, 15) is 14.4 Å². The van der Waals surface area contributed by atoms with Gasteiger partial charge in [0.25, 0.3) is 0 Å². The van der Waals surface area contributed by atoms with Crippen LogP contribution in [0.25, 0.3) is 0 Å². The van der Waals surface area contributed by atoms with Gasteiger partial charge in [0.1, 0.15) is 0 Å². The minimum Gasteiger partial charge on any atom is -0.493 e. The summed E-state index contributed by atoms with van der Waals surface area (Å²) in [5.41, 5.74) is -0.313. The van der Waals surface area contributed by atoms with Gasteiger partial charge in [0.2, 0.25) is 0 Å². The fourth-order valence-corrected chi connectivity index (χ4v) is 4.21. The number of methoxy groups -OCH3 is 2. The highest BCUT2D eigenvalue weighted by molar-refractivity contribution is 5.88. The average molecular weight is 552 g/mol. The van der Waals surface area contributed by atoms with Gasteiger partial charge in [-0.2, -0.15) is 0 Å². The minimum absolute atomic E-state index is 0.313. The quantitative estimate of drug-likeness (QED) is 0.268. The largest absolute Gasteiger partial charge is 0.493 e. The van der Waals surface area contributed by atoms with E-state index < -0.39 is 36.4 Å². The van der Waals surface area contributed by atoms with Gasteiger partial charge in [0.15, 0.2) is 17.1 Å². The smallest absolute Gasteiger partial charge is 0.336 e. The van der Waals surface area contributed by atoms with Crippen molar-refractivity contribution in [3.05, 3.63) is 42.0 Å². The summed E-state index contributed by atoms with van der Waals surface area (Å²) in [6.07, 6.45) is 4.17. The normalized spacial score (nSPS) is 14.9. The first-order valence-corrected chi connectivity index (χ1v) is 12.4. The zero-order valence-corrected chi connectivity index (χ0v) is 22.4. The van der Waals surface area contributed by atoms with E-state index in [2.05, 4.69) is 33.5 Å². The maximum absolute atomic E-state index is 10.3. The molecule has 1 unspecified atom stereocenters. The standard InChI is InChI=1S/C20H29N3O3.C6H8O7/c1-4-23-15-21-11-17(23)13-22(14-18-6-5-9-26-18)12-16-7-8-19(24-2)20(10-16)25-3;7-3(8)1-6(13,5(11)12)2-4(9)10/h7-8,10-11,15,18H,4-6,9,12-14H2,1-3H3;13H,1-2H2,(H,7,8)(H,9,10)(H,11,12). The van der Waals surface area contributed by atoms with Crippen molar-refractivity contribution in [3.8, 4) is 11.5 Å². The molecule has 1 aliphatic heterocycles. The Hall–Kier alpha value is -3.68. The number of benzene rings is 1. The van der Waals surface area contributed by atoms with Crippen LogP contribution in [0.15, 0.2) is 30.7 Å². The number of nitrogens with zero attached hydrogens (tertiary/aromatic N) is 3. The molecule has 0 spiro atoms. The first-order valence-electron chi connectivity index (χ1n) is 12.4. The van der Waals surface area contributed by atoms with E-state index in [-0.39, 0.29) is 0 Å². The second kappa shape index (κ2) is 15.0. The Morgan fingerprint density at radius 2 is 1.77 bits per heavy atom. The second-order valence-electron chi connectivity index (χ2n) is 9.14. The van der Waals surface area contributed by atoms with Crippen molar-refractivity contribution >= 4 is 17.9 Å². The second-order valence-corrected chi connectivity index (χ2v) is 9.14. The topological polar surface area (TPSA) is 181 Å². The molecule has 13 heteroatoms. The van der Waals surface area contributed by atoms with Crippen molar-refractivity contribution in [3.63, 3.8) is 0 Å². The molecule has 2 aromatic rings. The predicted octanol–water partition coefficient (Wildman–Crippen LogP) is 1.85. The van der Waals surface area contributed by atoms with Crippen LogP contribution in [-0.4, -0.2) is 91.9 Å². The molecule has 0 amide bonds. The van der Waals surface area contributed by atoms with E-state index >= 15 is 0 Å². The molecule has 1 aromatic carbocycles. The number of carboxylic acid groups (broad SMARTS) is 3. The molecule has 0 radical (unpaired) electrons. The molecule has 2 heterocycles. The predicted molar refractivity (Wildman–Crippen MR) is 138 cm³/mol. The van der Waals surface area contributed by atoms with Crippen molar-refractivity contribution in [2.75, 3.05) is 27.4 Å². The van der Waals surface area contributed by atoms with Gasteiger partial charge in [-0.05, 0) is 37.5 Å². The molecule has 1 atom stereocenters. The molecule has 3 rings (SSSR count). The van der Waals surface area contributed by atoms with Gasteiger partial charge in [-0.15, -0.1) is 0 Å². The summed E-state index contributed by atoms with van der Waals surface area (Å²) >= 11 is 0. The number of aliphatic hydroxyl groups is 1. The zero-order chi connectivity index (χ0) is 29.0. The molecule has 0 saturated carbocycles. The van der Waals surface area contributed by atoms with Crippen LogP contribution in [0.4, 0.5) is 0 Å². The van der Waals surface area contributed by atoms with Crippen molar-refractivity contribution < 1.29 is 49.0 Å². The van der Waals surface area contributed by atoms with E-state index in [0.29, 0.717) is 6.10 Å². The lowest BCUT2D eigenvalue weighted by atomic mass is 9.96. The Labute approximate surface area is 226 Å². The number of hydrogen-bond acceptors (Lipinski definition) is 9. The SMILES string of the molecule is CCn1cncc1CN(Cc1ccc(OC)c(OC)c1)CC1CCCO1.O=C(O)CC(O)(CC(=O)O)C(=O)O. The summed E-state index contributed by atoms with van der Waals surface area (Å²) in [7, 11) is 3.33. The lowest BCUT2D eigenvalue weighted by Gasteiger charge is -2.26. The Bertz CT molecular complexity index is 1080. The zero-order valence-electron chi connectivity index (χ0n) is 22.4. The maximum Gasteiger partial charge on any atom is 0.336 e. The Balaban J connectivity index is 0.000000349. The highest BCUT2D eigenvalue weighted by Gasteiger charge is 2.40. The summed E-state index contributed by atoms with van der Waals surface area (Å²) in [6.45, 7) is 6.55. The van der Waals surface area contributed by atoms with Crippen LogP contribution in [-0.2, 0) is 38.8 Å². The third-order valence-electron chi connectivity index (χ3n) is 6.15. The van der Waals surface area contributed by atoms with E-state index in [4.69, 9.17) is 34.6 Å². The third kappa shape index (κ3) is 9.85. The van der Waals surface area contributed by atoms with E-state index in [1.165, 1.54) is 11.3 Å². The monoisotopic (exact) mass is 551 g/mol. The van der Waals surface area contributed by atoms with Crippen molar-refractivity contribution in [1.29, 1.82) is 0 Å². The molecule has 0 aliphatic carbocycles. The van der Waals surface area contributed by atoms with Crippen LogP contribution in [0, 0.1) is 0 Å². The van der Waals surface area contributed by atoms with Gasteiger partial charge in [0.05, 0.1) is 45.2 Å². The number of aromatic nitrogens is 2. The number of aryl methyl sites for hydroxylation is 1. The minimum atomic E-state index is -2.74. The summed E-state index contributed by atoms with van der Waals surface area (Å²) in [5.74, 6) is -3.50. The van der Waals surface area contributed by atoms with Crippen molar-refractivity contribution in [2.24, 2.45) is 0 Å². The third-order valence-corrected chi connectivity index (χ3v) is 6.15. The van der Waals surface area contributed by atoms with Crippen molar-refractivity contribution in [1.82, 2.24) is 14.5 Å². The van der Waals surface area contributed by atoms with Crippen molar-refractivity contribution in [2.45, 2.75) is 63.9 Å². The number of aliphatic carboxylic acids is 3. The van der Waals surface area contributed by atoms with E-state index in [1.807, 2.05) is 18.6 Å². The molecule has 39 heavy (non-hydrogen) atoms. The number of hydrogen-bond donors (Lipinski definition) is 4. The van der Waals surface area contributed by atoms with Gasteiger partial charge in [-0.25, -0.2) is 9.78 Å². The number of imidazole rings is 1. The summed E-state index contributed by atoms with van der Waals surface area (Å²) in [5, 5.41) is 33.8. The lowest BCUT2D eigenvalue weighted by Crippen LogP contribution is -2.42. The summed E-state index contributed by atoms with van der Waals surface area (Å²) in [4.78, 5) is 37.2. The molecular formula is C26H37N3O10. The fraction of sp³-hybridized carbons (Fsp3) is 0.538. The van der Waals surface area contributed by atoms with Crippen LogP contribution in [0.5, 0.6) is 11.5 Å². The number of rotatable bonds is 14. The molecule has 1 aromatic heterocycles. The lowest BCUT2D eigenvalue weighted by molar-refractivity contribution is -0.170. The van der Waals surface area contributed by atoms with Crippen LogP contribution in [0.3, 0.4) is 0 Å². The Morgan fingerprint density at radius 1 is 1.10 bits per heavy atom.